The summed E-state index contributed by atoms with van der Waals surface area (Å²) < 4.78 is 7.36. The lowest BCUT2D eigenvalue weighted by molar-refractivity contribution is 0.250. The van der Waals surface area contributed by atoms with Gasteiger partial charge in [0.25, 0.3) is 5.56 Å². The highest BCUT2D eigenvalue weighted by Crippen LogP contribution is 2.09. The van der Waals surface area contributed by atoms with Gasteiger partial charge in [0.1, 0.15) is 0 Å². The van der Waals surface area contributed by atoms with E-state index in [2.05, 4.69) is 24.5 Å². The molecule has 2 unspecified atom stereocenters. The van der Waals surface area contributed by atoms with Crippen molar-refractivity contribution in [1.29, 1.82) is 0 Å². The van der Waals surface area contributed by atoms with Gasteiger partial charge >= 0.3 is 0 Å². The molecule has 2 atom stereocenters. The molecule has 0 bridgehead atoms. The van der Waals surface area contributed by atoms with E-state index < -0.39 is 0 Å². The van der Waals surface area contributed by atoms with Crippen LogP contribution in [0.4, 0.5) is 0 Å². The predicted molar refractivity (Wildman–Crippen MR) is 91.8 cm³/mol. The molecule has 0 aliphatic carbocycles. The van der Waals surface area contributed by atoms with Gasteiger partial charge in [0, 0.05) is 35.8 Å². The number of ether oxygens (including phenoxy) is 1. The van der Waals surface area contributed by atoms with Crippen LogP contribution in [-0.4, -0.2) is 21.4 Å². The largest absolute Gasteiger partial charge is 0.477 e. The van der Waals surface area contributed by atoms with Gasteiger partial charge < -0.3 is 9.30 Å². The van der Waals surface area contributed by atoms with E-state index >= 15 is 0 Å². The summed E-state index contributed by atoms with van der Waals surface area (Å²) in [6, 6.07) is 9.38. The van der Waals surface area contributed by atoms with Crippen LogP contribution >= 0.6 is 12.6 Å². The van der Waals surface area contributed by atoms with Crippen LogP contribution in [-0.2, 0) is 13.0 Å². The van der Waals surface area contributed by atoms with Crippen molar-refractivity contribution in [2.24, 2.45) is 5.92 Å². The Morgan fingerprint density at radius 2 is 2.09 bits per heavy atom. The van der Waals surface area contributed by atoms with Gasteiger partial charge in [-0.3, -0.25) is 4.79 Å². The average molecular weight is 318 g/mol. The third-order valence-electron chi connectivity index (χ3n) is 3.28. The van der Waals surface area contributed by atoms with Gasteiger partial charge in [-0.15, -0.1) is 0 Å². The van der Waals surface area contributed by atoms with Crippen LogP contribution in [0.2, 0.25) is 0 Å². The van der Waals surface area contributed by atoms with Crippen molar-refractivity contribution in [1.82, 2.24) is 9.55 Å². The molecular formula is C17H22N2O2S. The molecule has 22 heavy (non-hydrogen) atoms. The number of aromatic nitrogens is 2. The van der Waals surface area contributed by atoms with Gasteiger partial charge in [-0.1, -0.05) is 26.0 Å². The summed E-state index contributed by atoms with van der Waals surface area (Å²) in [6.07, 6.45) is 4.20. The van der Waals surface area contributed by atoms with Crippen LogP contribution in [0.5, 0.6) is 5.88 Å². The van der Waals surface area contributed by atoms with Crippen molar-refractivity contribution in [3.05, 3.63) is 58.6 Å². The molecule has 0 spiro atoms. The molecule has 4 nitrogen and oxygen atoms in total. The number of hydrogen-bond acceptors (Lipinski definition) is 4. The summed E-state index contributed by atoms with van der Waals surface area (Å²) in [4.78, 5) is 16.5. The summed E-state index contributed by atoms with van der Waals surface area (Å²) >= 11 is 4.35. The van der Waals surface area contributed by atoms with Gasteiger partial charge in [-0.25, -0.2) is 4.98 Å². The predicted octanol–water partition coefficient (Wildman–Crippen LogP) is 2.82. The first kappa shape index (κ1) is 16.6. The molecule has 0 radical (unpaired) electrons. The molecule has 0 amide bonds. The Labute approximate surface area is 136 Å². The van der Waals surface area contributed by atoms with Crippen molar-refractivity contribution >= 4 is 12.6 Å². The van der Waals surface area contributed by atoms with E-state index in [0.29, 0.717) is 25.5 Å². The van der Waals surface area contributed by atoms with Crippen LogP contribution in [0, 0.1) is 5.92 Å². The van der Waals surface area contributed by atoms with Crippen molar-refractivity contribution in [3.8, 4) is 5.88 Å². The van der Waals surface area contributed by atoms with Gasteiger partial charge in [0.2, 0.25) is 5.88 Å². The summed E-state index contributed by atoms with van der Waals surface area (Å²) in [6.45, 7) is 5.20. The van der Waals surface area contributed by atoms with Gasteiger partial charge in [-0.05, 0) is 24.5 Å². The van der Waals surface area contributed by atoms with Crippen molar-refractivity contribution in [2.75, 3.05) is 6.61 Å². The minimum absolute atomic E-state index is 0.0630. The first-order chi connectivity index (χ1) is 10.6. The van der Waals surface area contributed by atoms with Crippen molar-refractivity contribution < 1.29 is 4.74 Å². The van der Waals surface area contributed by atoms with E-state index in [-0.39, 0.29) is 16.7 Å². The van der Waals surface area contributed by atoms with Crippen molar-refractivity contribution in [3.63, 3.8) is 0 Å². The molecule has 5 heteroatoms. The third-order valence-corrected chi connectivity index (χ3v) is 3.45. The molecule has 0 aliphatic heterocycles. The number of pyridine rings is 2. The monoisotopic (exact) mass is 318 g/mol. The average Bonchev–Trinajstić information content (AvgIpc) is 2.50. The van der Waals surface area contributed by atoms with Crippen LogP contribution in [0.1, 0.15) is 19.4 Å². The Morgan fingerprint density at radius 1 is 1.27 bits per heavy atom. The third kappa shape index (κ3) is 4.91. The second kappa shape index (κ2) is 8.03. The highest BCUT2D eigenvalue weighted by Gasteiger charge is 2.10. The van der Waals surface area contributed by atoms with Crippen LogP contribution < -0.4 is 10.3 Å². The topological polar surface area (TPSA) is 44.1 Å². The minimum Gasteiger partial charge on any atom is -0.477 e. The molecule has 0 saturated heterocycles. The maximum absolute atomic E-state index is 12.4. The number of thiol groups is 1. The summed E-state index contributed by atoms with van der Waals surface area (Å²) in [5.41, 5.74) is 0.877. The summed E-state index contributed by atoms with van der Waals surface area (Å²) in [5, 5.41) is 0.151. The first-order valence-corrected chi connectivity index (χ1v) is 7.98. The highest BCUT2D eigenvalue weighted by molar-refractivity contribution is 7.80. The molecule has 2 rings (SSSR count). The van der Waals surface area contributed by atoms with E-state index in [1.165, 1.54) is 0 Å². The Balaban J connectivity index is 1.96. The van der Waals surface area contributed by atoms with E-state index in [9.17, 15) is 4.79 Å². The number of nitrogens with zero attached hydrogens (tertiary/aromatic N) is 2. The molecule has 0 N–H and O–H groups in total. The standard InChI is InChI=1S/C17H22N2O2S/c1-13(12-21-16-7-3-4-8-18-16)10-15-6-5-9-19(17(15)20)11-14(2)22/h3-9,13-14,22H,10-12H2,1-2H3. The number of rotatable bonds is 7. The molecule has 0 aliphatic rings. The molecule has 0 saturated carbocycles. The van der Waals surface area contributed by atoms with Gasteiger partial charge in [-0.2, -0.15) is 12.6 Å². The molecule has 118 valence electrons. The minimum atomic E-state index is 0.0630. The van der Waals surface area contributed by atoms with E-state index in [1.807, 2.05) is 43.5 Å². The Hall–Kier alpha value is -1.75. The summed E-state index contributed by atoms with van der Waals surface area (Å²) in [7, 11) is 0. The Bertz CT molecular complexity index is 641. The second-order valence-corrected chi connectivity index (χ2v) is 6.51. The van der Waals surface area contributed by atoms with Crippen LogP contribution in [0.15, 0.2) is 47.5 Å². The first-order valence-electron chi connectivity index (χ1n) is 7.46. The quantitative estimate of drug-likeness (QED) is 0.798. The molecular weight excluding hydrogens is 296 g/mol. The fourth-order valence-electron chi connectivity index (χ4n) is 2.26. The Morgan fingerprint density at radius 3 is 2.77 bits per heavy atom. The molecule has 0 aromatic carbocycles. The zero-order valence-electron chi connectivity index (χ0n) is 13.0. The Kier molecular flexibility index (Phi) is 6.07. The smallest absolute Gasteiger partial charge is 0.253 e. The summed E-state index contributed by atoms with van der Waals surface area (Å²) in [5.74, 6) is 0.850. The second-order valence-electron chi connectivity index (χ2n) is 5.63. The van der Waals surface area contributed by atoms with Crippen molar-refractivity contribution in [2.45, 2.75) is 32.1 Å². The van der Waals surface area contributed by atoms with Crippen LogP contribution in [0.25, 0.3) is 0 Å². The molecule has 0 fully saturated rings. The fraction of sp³-hybridized carbons (Fsp3) is 0.412. The lowest BCUT2D eigenvalue weighted by atomic mass is 10.0. The number of hydrogen-bond donors (Lipinski definition) is 1. The van der Waals surface area contributed by atoms with Gasteiger partial charge in [0.05, 0.1) is 6.61 Å². The highest BCUT2D eigenvalue weighted by atomic mass is 32.1. The lowest BCUT2D eigenvalue weighted by Gasteiger charge is -2.14. The SMILES string of the molecule is CC(S)Cn1cccc(CC(C)COc2ccccn2)c1=O. The maximum Gasteiger partial charge on any atom is 0.253 e. The maximum atomic E-state index is 12.4. The fourth-order valence-corrected chi connectivity index (χ4v) is 2.44. The molecule has 2 aromatic heterocycles. The van der Waals surface area contributed by atoms with E-state index in [4.69, 9.17) is 4.74 Å². The van der Waals surface area contributed by atoms with Crippen LogP contribution in [0.3, 0.4) is 0 Å². The van der Waals surface area contributed by atoms with Gasteiger partial charge in [0.15, 0.2) is 0 Å². The zero-order valence-corrected chi connectivity index (χ0v) is 13.9. The molecule has 2 heterocycles. The van der Waals surface area contributed by atoms with E-state index in [0.717, 1.165) is 5.56 Å². The molecule has 2 aromatic rings. The normalized spacial score (nSPS) is 13.6. The van der Waals surface area contributed by atoms with E-state index in [1.54, 1.807) is 10.8 Å². The lowest BCUT2D eigenvalue weighted by Crippen LogP contribution is -2.27. The zero-order chi connectivity index (χ0) is 15.9.